The molecular weight excluding hydrogens is 232 g/mol. The highest BCUT2D eigenvalue weighted by Gasteiger charge is 2.24. The van der Waals surface area contributed by atoms with Crippen molar-refractivity contribution in [2.75, 3.05) is 11.5 Å². The van der Waals surface area contributed by atoms with Crippen molar-refractivity contribution >= 4 is 17.5 Å². The quantitative estimate of drug-likeness (QED) is 0.766. The smallest absolute Gasteiger partial charge is 0.166 e. The molecule has 1 unspecified atom stereocenters. The lowest BCUT2D eigenvalue weighted by Crippen LogP contribution is -2.14. The van der Waals surface area contributed by atoms with Crippen LogP contribution >= 0.6 is 11.8 Å². The van der Waals surface area contributed by atoms with Gasteiger partial charge in [-0.15, -0.1) is 0 Å². The van der Waals surface area contributed by atoms with Crippen molar-refractivity contribution in [1.82, 2.24) is 0 Å². The van der Waals surface area contributed by atoms with E-state index in [1.165, 1.54) is 0 Å². The molecule has 0 amide bonds. The molecule has 1 fully saturated rings. The van der Waals surface area contributed by atoms with E-state index in [4.69, 9.17) is 4.74 Å². The first-order valence-corrected chi connectivity index (χ1v) is 7.21. The maximum Gasteiger partial charge on any atom is 0.166 e. The van der Waals surface area contributed by atoms with Crippen molar-refractivity contribution in [1.29, 1.82) is 0 Å². The topological polar surface area (TPSA) is 26.3 Å². The van der Waals surface area contributed by atoms with Gasteiger partial charge in [0, 0.05) is 17.2 Å². The van der Waals surface area contributed by atoms with Crippen molar-refractivity contribution in [3.8, 4) is 5.75 Å². The summed E-state index contributed by atoms with van der Waals surface area (Å²) in [7, 11) is 0. The number of carbonyl (C=O) groups excluding carboxylic acids is 1. The van der Waals surface area contributed by atoms with Crippen molar-refractivity contribution in [2.24, 2.45) is 5.92 Å². The second-order valence-corrected chi connectivity index (χ2v) is 5.77. The first-order valence-electron chi connectivity index (χ1n) is 6.05. The summed E-state index contributed by atoms with van der Waals surface area (Å²) in [5.74, 6) is 3.34. The van der Waals surface area contributed by atoms with Gasteiger partial charge in [0.25, 0.3) is 0 Å². The van der Waals surface area contributed by atoms with Gasteiger partial charge in [0.2, 0.25) is 0 Å². The zero-order valence-corrected chi connectivity index (χ0v) is 11.1. The van der Waals surface area contributed by atoms with Crippen LogP contribution in [0, 0.1) is 5.92 Å². The van der Waals surface area contributed by atoms with Crippen LogP contribution in [0.5, 0.6) is 5.75 Å². The zero-order chi connectivity index (χ0) is 12.3. The Morgan fingerprint density at radius 2 is 2.29 bits per heavy atom. The van der Waals surface area contributed by atoms with E-state index >= 15 is 0 Å². The molecule has 1 aromatic carbocycles. The fourth-order valence-electron chi connectivity index (χ4n) is 1.97. The minimum atomic E-state index is 0.141. The molecule has 0 bridgehead atoms. The predicted molar refractivity (Wildman–Crippen MR) is 72.0 cm³/mol. The Hall–Kier alpha value is -0.960. The molecule has 0 spiro atoms. The molecule has 3 heteroatoms. The maximum atomic E-state index is 12.2. The van der Waals surface area contributed by atoms with Gasteiger partial charge in [-0.3, -0.25) is 4.79 Å². The molecule has 1 atom stereocenters. The molecule has 1 saturated heterocycles. The normalized spacial score (nSPS) is 19.6. The van der Waals surface area contributed by atoms with Crippen LogP contribution in [0.1, 0.15) is 30.6 Å². The highest BCUT2D eigenvalue weighted by Crippen LogP contribution is 2.27. The average Bonchev–Trinajstić information content (AvgIpc) is 2.81. The molecular formula is C14H18O2S. The van der Waals surface area contributed by atoms with Gasteiger partial charge >= 0.3 is 0 Å². The van der Waals surface area contributed by atoms with Gasteiger partial charge in [-0.2, -0.15) is 11.8 Å². The van der Waals surface area contributed by atoms with Crippen LogP contribution in [0.25, 0.3) is 0 Å². The lowest BCUT2D eigenvalue weighted by Gasteiger charge is -2.12. The molecule has 0 saturated carbocycles. The predicted octanol–water partition coefficient (Wildman–Crippen LogP) is 3.41. The Bertz CT molecular complexity index is 395. The minimum Gasteiger partial charge on any atom is -0.491 e. The summed E-state index contributed by atoms with van der Waals surface area (Å²) in [6.07, 6.45) is 1.15. The molecule has 92 valence electrons. The van der Waals surface area contributed by atoms with E-state index in [0.29, 0.717) is 0 Å². The number of Topliss-reactive ketones (excluding diaryl/α,β-unsaturated/α-hetero) is 1. The van der Waals surface area contributed by atoms with Gasteiger partial charge in [-0.1, -0.05) is 12.1 Å². The standard InChI is InChI=1S/C14H18O2S/c1-10(2)16-13-5-3-4-11(8-13)14(15)12-6-7-17-9-12/h3-5,8,10,12H,6-7,9H2,1-2H3. The minimum absolute atomic E-state index is 0.141. The summed E-state index contributed by atoms with van der Waals surface area (Å²) < 4.78 is 5.61. The Labute approximate surface area is 107 Å². The first-order chi connectivity index (χ1) is 8.16. The number of benzene rings is 1. The number of hydrogen-bond donors (Lipinski definition) is 0. The molecule has 1 aliphatic rings. The Morgan fingerprint density at radius 3 is 2.94 bits per heavy atom. The third-order valence-electron chi connectivity index (χ3n) is 2.79. The van der Waals surface area contributed by atoms with E-state index in [0.717, 1.165) is 29.2 Å². The average molecular weight is 250 g/mol. The molecule has 1 aromatic rings. The molecule has 2 nitrogen and oxygen atoms in total. The summed E-state index contributed by atoms with van der Waals surface area (Å²) in [5, 5.41) is 0. The van der Waals surface area contributed by atoms with E-state index in [9.17, 15) is 4.79 Å². The largest absolute Gasteiger partial charge is 0.491 e. The van der Waals surface area contributed by atoms with Crippen LogP contribution in [-0.2, 0) is 0 Å². The molecule has 0 N–H and O–H groups in total. The van der Waals surface area contributed by atoms with Gasteiger partial charge in [-0.25, -0.2) is 0 Å². The maximum absolute atomic E-state index is 12.2. The number of ether oxygens (including phenoxy) is 1. The van der Waals surface area contributed by atoms with Crippen molar-refractivity contribution in [3.05, 3.63) is 29.8 Å². The Morgan fingerprint density at radius 1 is 1.47 bits per heavy atom. The van der Waals surface area contributed by atoms with Gasteiger partial charge < -0.3 is 4.74 Å². The van der Waals surface area contributed by atoms with Crippen LogP contribution in [0.2, 0.25) is 0 Å². The third kappa shape index (κ3) is 3.25. The fourth-order valence-corrected chi connectivity index (χ4v) is 3.19. The number of ketones is 1. The summed E-state index contributed by atoms with van der Waals surface area (Å²) in [4.78, 5) is 12.2. The molecule has 0 aliphatic carbocycles. The summed E-state index contributed by atoms with van der Waals surface area (Å²) in [5.41, 5.74) is 0.788. The van der Waals surface area contributed by atoms with Gasteiger partial charge in [0.05, 0.1) is 6.10 Å². The third-order valence-corrected chi connectivity index (χ3v) is 3.95. The monoisotopic (exact) mass is 250 g/mol. The lowest BCUT2D eigenvalue weighted by molar-refractivity contribution is 0.0933. The fraction of sp³-hybridized carbons (Fsp3) is 0.500. The zero-order valence-electron chi connectivity index (χ0n) is 10.3. The van der Waals surface area contributed by atoms with Gasteiger partial charge in [0.15, 0.2) is 5.78 Å². The van der Waals surface area contributed by atoms with Crippen LogP contribution < -0.4 is 4.74 Å². The summed E-state index contributed by atoms with van der Waals surface area (Å²) >= 11 is 1.87. The highest BCUT2D eigenvalue weighted by atomic mass is 32.2. The number of carbonyl (C=O) groups is 1. The number of hydrogen-bond acceptors (Lipinski definition) is 3. The van der Waals surface area contributed by atoms with E-state index in [-0.39, 0.29) is 17.8 Å². The van der Waals surface area contributed by atoms with E-state index in [1.807, 2.05) is 49.9 Å². The van der Waals surface area contributed by atoms with Crippen LogP contribution in [0.3, 0.4) is 0 Å². The molecule has 0 radical (unpaired) electrons. The van der Waals surface area contributed by atoms with E-state index in [2.05, 4.69) is 0 Å². The Kier molecular flexibility index (Phi) is 4.11. The van der Waals surface area contributed by atoms with Gasteiger partial charge in [-0.05, 0) is 38.2 Å². The van der Waals surface area contributed by atoms with Crippen molar-refractivity contribution in [2.45, 2.75) is 26.4 Å². The number of thioether (sulfide) groups is 1. The lowest BCUT2D eigenvalue weighted by atomic mass is 9.97. The molecule has 1 aliphatic heterocycles. The van der Waals surface area contributed by atoms with Crippen LogP contribution in [-0.4, -0.2) is 23.4 Å². The van der Waals surface area contributed by atoms with Crippen molar-refractivity contribution in [3.63, 3.8) is 0 Å². The SMILES string of the molecule is CC(C)Oc1cccc(C(=O)C2CCSC2)c1. The van der Waals surface area contributed by atoms with E-state index in [1.54, 1.807) is 0 Å². The summed E-state index contributed by atoms with van der Waals surface area (Å²) in [6.45, 7) is 3.98. The van der Waals surface area contributed by atoms with E-state index < -0.39 is 0 Å². The molecule has 1 heterocycles. The molecule has 2 rings (SSSR count). The Balaban J connectivity index is 2.12. The first kappa shape index (κ1) is 12.5. The molecule has 17 heavy (non-hydrogen) atoms. The van der Waals surface area contributed by atoms with Crippen LogP contribution in [0.15, 0.2) is 24.3 Å². The highest BCUT2D eigenvalue weighted by molar-refractivity contribution is 7.99. The van der Waals surface area contributed by atoms with Crippen LogP contribution in [0.4, 0.5) is 0 Å². The van der Waals surface area contributed by atoms with Gasteiger partial charge in [0.1, 0.15) is 5.75 Å². The second kappa shape index (κ2) is 5.58. The van der Waals surface area contributed by atoms with Crippen molar-refractivity contribution < 1.29 is 9.53 Å². The second-order valence-electron chi connectivity index (χ2n) is 4.62. The summed E-state index contributed by atoms with van der Waals surface area (Å²) in [6, 6.07) is 7.55. The molecule has 0 aromatic heterocycles. The number of rotatable bonds is 4.